The summed E-state index contributed by atoms with van der Waals surface area (Å²) >= 11 is 1.30. The number of rotatable bonds is 8. The minimum Gasteiger partial charge on any atom is -0.493 e. The lowest BCUT2D eigenvalue weighted by Crippen LogP contribution is -2.04. The van der Waals surface area contributed by atoms with Crippen molar-refractivity contribution in [3.63, 3.8) is 0 Å². The smallest absolute Gasteiger partial charge is 0.277 e. The van der Waals surface area contributed by atoms with E-state index in [1.54, 1.807) is 14.2 Å². The Morgan fingerprint density at radius 2 is 1.69 bits per heavy atom. The summed E-state index contributed by atoms with van der Waals surface area (Å²) in [5, 5.41) is 22.6. The van der Waals surface area contributed by atoms with E-state index < -0.39 is 0 Å². The number of nitrogens with zero attached hydrogens (tertiary/aromatic N) is 4. The fourth-order valence-electron chi connectivity index (χ4n) is 3.80. The molecule has 0 unspecified atom stereocenters. The van der Waals surface area contributed by atoms with E-state index in [0.717, 1.165) is 33.3 Å². The van der Waals surface area contributed by atoms with Gasteiger partial charge in [0, 0.05) is 22.3 Å². The van der Waals surface area contributed by atoms with Crippen LogP contribution < -0.4 is 9.47 Å². The molecule has 36 heavy (non-hydrogen) atoms. The minimum absolute atomic E-state index is 0.371. The maximum atomic E-state index is 9.45. The topological polar surface area (TPSA) is 103 Å². The molecule has 3 aromatic carbocycles. The van der Waals surface area contributed by atoms with Gasteiger partial charge in [0.1, 0.15) is 0 Å². The van der Waals surface area contributed by atoms with Crippen molar-refractivity contribution < 1.29 is 19.1 Å². The summed E-state index contributed by atoms with van der Waals surface area (Å²) in [6.07, 6.45) is 0. The van der Waals surface area contributed by atoms with Crippen molar-refractivity contribution in [1.82, 2.24) is 15.2 Å². The number of para-hydroxylation sites is 1. The quantitative estimate of drug-likeness (QED) is 0.121. The molecule has 2 heterocycles. The first-order valence-electron chi connectivity index (χ1n) is 11.1. The van der Waals surface area contributed by atoms with Crippen LogP contribution in [0.1, 0.15) is 5.56 Å². The first-order valence-corrected chi connectivity index (χ1v) is 12.0. The number of ether oxygens (including phenoxy) is 2. The number of hydrogen-bond acceptors (Lipinski definition) is 9. The Hall–Kier alpha value is -4.37. The second kappa shape index (κ2) is 10.5. The van der Waals surface area contributed by atoms with E-state index in [4.69, 9.17) is 18.9 Å². The number of thioether (sulfide) groups is 1. The van der Waals surface area contributed by atoms with E-state index in [1.165, 1.54) is 11.8 Å². The highest BCUT2D eigenvalue weighted by atomic mass is 32.2. The Bertz CT molecular complexity index is 1540. The molecule has 0 aliphatic carbocycles. The van der Waals surface area contributed by atoms with Crippen molar-refractivity contribution >= 4 is 28.4 Å². The lowest BCUT2D eigenvalue weighted by molar-refractivity contribution is 0.319. The summed E-state index contributed by atoms with van der Waals surface area (Å²) in [7, 11) is 3.20. The number of oxime groups is 1. The molecule has 0 radical (unpaired) electrons. The molecule has 9 heteroatoms. The zero-order valence-corrected chi connectivity index (χ0v) is 20.4. The second-order valence-electron chi connectivity index (χ2n) is 7.72. The van der Waals surface area contributed by atoms with Gasteiger partial charge in [-0.15, -0.1) is 10.2 Å². The van der Waals surface area contributed by atoms with E-state index in [9.17, 15) is 5.21 Å². The molecular weight excluding hydrogens is 476 g/mol. The van der Waals surface area contributed by atoms with Gasteiger partial charge in [0.2, 0.25) is 5.89 Å². The van der Waals surface area contributed by atoms with Gasteiger partial charge in [-0.3, -0.25) is 0 Å². The summed E-state index contributed by atoms with van der Waals surface area (Å²) in [5.41, 5.74) is 4.50. The van der Waals surface area contributed by atoms with Crippen molar-refractivity contribution in [2.75, 3.05) is 20.0 Å². The number of fused-ring (bicyclic) bond motifs is 1. The van der Waals surface area contributed by atoms with Crippen molar-refractivity contribution in [2.45, 2.75) is 5.22 Å². The maximum Gasteiger partial charge on any atom is 0.277 e. The molecule has 1 N–H and O–H groups in total. The summed E-state index contributed by atoms with van der Waals surface area (Å²) < 4.78 is 16.8. The highest BCUT2D eigenvalue weighted by molar-refractivity contribution is 7.99. The molecule has 2 aromatic heterocycles. The van der Waals surface area contributed by atoms with Crippen molar-refractivity contribution in [2.24, 2.45) is 5.16 Å². The molecule has 8 nitrogen and oxygen atoms in total. The van der Waals surface area contributed by atoms with Gasteiger partial charge in [-0.05, 0) is 30.3 Å². The van der Waals surface area contributed by atoms with E-state index in [1.807, 2.05) is 78.9 Å². The van der Waals surface area contributed by atoms with Gasteiger partial charge in [0.25, 0.3) is 5.22 Å². The number of benzene rings is 3. The Kier molecular flexibility index (Phi) is 6.81. The summed E-state index contributed by atoms with van der Waals surface area (Å²) in [6.45, 7) is 0. The Morgan fingerprint density at radius 3 is 2.47 bits per heavy atom. The van der Waals surface area contributed by atoms with Gasteiger partial charge in [0.15, 0.2) is 11.5 Å². The van der Waals surface area contributed by atoms with Gasteiger partial charge in [-0.1, -0.05) is 65.4 Å². The summed E-state index contributed by atoms with van der Waals surface area (Å²) in [6, 6.07) is 24.8. The molecule has 0 spiro atoms. The van der Waals surface area contributed by atoms with Crippen LogP contribution in [0.25, 0.3) is 33.6 Å². The molecule has 5 aromatic rings. The average Bonchev–Trinajstić information content (AvgIpc) is 3.41. The fourth-order valence-corrected chi connectivity index (χ4v) is 4.52. The standard InChI is InChI=1S/C27H22N4O4S/c1-33-24-13-12-18(14-25(24)34-2)22-15-20(19-10-6-7-11-21(19)28-22)26-29-30-27(35-26)36-16-23(31-32)17-8-4-3-5-9-17/h3-15,32H,16H2,1-2H3/b31-23-. The molecule has 0 aliphatic rings. The van der Waals surface area contributed by atoms with Crippen LogP contribution in [0.5, 0.6) is 11.5 Å². The van der Waals surface area contributed by atoms with E-state index in [2.05, 4.69) is 15.4 Å². The van der Waals surface area contributed by atoms with Crippen molar-refractivity contribution in [3.05, 3.63) is 84.4 Å². The monoisotopic (exact) mass is 498 g/mol. The van der Waals surface area contributed by atoms with Crippen molar-refractivity contribution in [3.8, 4) is 34.2 Å². The van der Waals surface area contributed by atoms with Crippen LogP contribution in [-0.2, 0) is 0 Å². The molecule has 0 fully saturated rings. The van der Waals surface area contributed by atoms with E-state index in [0.29, 0.717) is 34.1 Å². The third-order valence-corrected chi connectivity index (χ3v) is 6.42. The normalized spacial score (nSPS) is 11.6. The molecule has 0 aliphatic heterocycles. The van der Waals surface area contributed by atoms with Crippen LogP contribution in [0.4, 0.5) is 0 Å². The third kappa shape index (κ3) is 4.73. The largest absolute Gasteiger partial charge is 0.493 e. The molecule has 0 bridgehead atoms. The van der Waals surface area contributed by atoms with Crippen molar-refractivity contribution in [1.29, 1.82) is 0 Å². The second-order valence-corrected chi connectivity index (χ2v) is 8.64. The average molecular weight is 499 g/mol. The predicted molar refractivity (Wildman–Crippen MR) is 139 cm³/mol. The lowest BCUT2D eigenvalue weighted by atomic mass is 10.0. The van der Waals surface area contributed by atoms with Crippen LogP contribution in [0, 0.1) is 0 Å². The number of pyridine rings is 1. The first kappa shape index (κ1) is 23.4. The van der Waals surface area contributed by atoms with Crippen LogP contribution in [0.3, 0.4) is 0 Å². The van der Waals surface area contributed by atoms with Crippen LogP contribution >= 0.6 is 11.8 Å². The van der Waals surface area contributed by atoms with Crippen LogP contribution in [0.2, 0.25) is 0 Å². The lowest BCUT2D eigenvalue weighted by Gasteiger charge is -2.11. The Labute approximate surface area is 211 Å². The summed E-state index contributed by atoms with van der Waals surface area (Å²) in [4.78, 5) is 4.84. The zero-order valence-electron chi connectivity index (χ0n) is 19.6. The number of aromatic nitrogens is 3. The highest BCUT2D eigenvalue weighted by Crippen LogP contribution is 2.36. The van der Waals surface area contributed by atoms with Gasteiger partial charge in [-0.2, -0.15) is 0 Å². The van der Waals surface area contributed by atoms with Gasteiger partial charge in [-0.25, -0.2) is 4.98 Å². The molecule has 5 rings (SSSR count). The third-order valence-electron chi connectivity index (χ3n) is 5.59. The van der Waals surface area contributed by atoms with E-state index in [-0.39, 0.29) is 0 Å². The van der Waals surface area contributed by atoms with Gasteiger partial charge >= 0.3 is 0 Å². The molecule has 0 amide bonds. The summed E-state index contributed by atoms with van der Waals surface area (Å²) in [5.74, 6) is 2.00. The molecular formula is C27H22N4O4S. The molecule has 0 saturated carbocycles. The number of hydrogen-bond donors (Lipinski definition) is 1. The van der Waals surface area contributed by atoms with Gasteiger partial charge < -0.3 is 19.1 Å². The Morgan fingerprint density at radius 1 is 0.917 bits per heavy atom. The van der Waals surface area contributed by atoms with Crippen LogP contribution in [0.15, 0.2) is 93.7 Å². The zero-order chi connectivity index (χ0) is 24.9. The number of methoxy groups -OCH3 is 2. The maximum absolute atomic E-state index is 9.45. The highest BCUT2D eigenvalue weighted by Gasteiger charge is 2.17. The predicted octanol–water partition coefficient (Wildman–Crippen LogP) is 5.94. The molecule has 0 saturated heterocycles. The molecule has 180 valence electrons. The van der Waals surface area contributed by atoms with E-state index >= 15 is 0 Å². The minimum atomic E-state index is 0.371. The fraction of sp³-hybridized carbons (Fsp3) is 0.111. The SMILES string of the molecule is COc1ccc(-c2cc(-c3nnc(SC/C(=N/O)c4ccccc4)o3)c3ccccc3n2)cc1OC. The van der Waals surface area contributed by atoms with Gasteiger partial charge in [0.05, 0.1) is 36.7 Å². The first-order chi connectivity index (χ1) is 17.7. The van der Waals surface area contributed by atoms with Crippen LogP contribution in [-0.4, -0.2) is 46.1 Å². The molecule has 0 atom stereocenters. The Balaban J connectivity index is 1.48.